The fraction of sp³-hybridized carbons (Fsp3) is 0.219. The van der Waals surface area contributed by atoms with Crippen molar-refractivity contribution in [3.05, 3.63) is 103 Å². The van der Waals surface area contributed by atoms with E-state index >= 15 is 0 Å². The fourth-order valence-corrected chi connectivity index (χ4v) is 4.01. The number of hydrogen-bond donors (Lipinski definition) is 1. The molecule has 0 saturated carbocycles. The Morgan fingerprint density at radius 1 is 0.711 bits per heavy atom. The zero-order valence-electron chi connectivity index (χ0n) is 21.6. The minimum atomic E-state index is 0.274. The van der Waals surface area contributed by atoms with E-state index in [4.69, 9.17) is 10.00 Å². The number of anilines is 1. The van der Waals surface area contributed by atoms with Crippen molar-refractivity contribution < 1.29 is 9.84 Å². The van der Waals surface area contributed by atoms with Gasteiger partial charge in [-0.25, -0.2) is 0 Å². The van der Waals surface area contributed by atoms with Crippen molar-refractivity contribution in [3.8, 4) is 28.7 Å². The Bertz CT molecular complexity index is 1340. The Morgan fingerprint density at radius 3 is 1.87 bits per heavy atom. The summed E-state index contributed by atoms with van der Waals surface area (Å²) >= 11 is 0. The van der Waals surface area contributed by atoms with Crippen molar-refractivity contribution in [2.45, 2.75) is 25.7 Å². The zero-order chi connectivity index (χ0) is 26.6. The van der Waals surface area contributed by atoms with Crippen LogP contribution in [0.1, 0.15) is 31.2 Å². The number of ether oxygens (including phenoxy) is 1. The molecule has 38 heavy (non-hydrogen) atoms. The number of unbranched alkanes of at least 4 members (excludes halogenated alkanes) is 3. The van der Waals surface area contributed by atoms with Crippen molar-refractivity contribution in [3.63, 3.8) is 0 Å². The van der Waals surface area contributed by atoms with Crippen LogP contribution in [-0.2, 0) is 0 Å². The van der Waals surface area contributed by atoms with Gasteiger partial charge in [-0.3, -0.25) is 0 Å². The zero-order valence-corrected chi connectivity index (χ0v) is 21.6. The molecule has 0 atom stereocenters. The summed E-state index contributed by atoms with van der Waals surface area (Å²) in [5.74, 6) is 1.16. The van der Waals surface area contributed by atoms with Crippen LogP contribution in [0.3, 0.4) is 0 Å². The van der Waals surface area contributed by atoms with Gasteiger partial charge in [-0.1, -0.05) is 37.1 Å². The molecule has 4 aromatic rings. The third-order valence-corrected chi connectivity index (χ3v) is 6.28. The van der Waals surface area contributed by atoms with Crippen LogP contribution in [0.2, 0.25) is 0 Å². The lowest BCUT2D eigenvalue weighted by Gasteiger charge is -2.19. The molecule has 4 aromatic carbocycles. The summed E-state index contributed by atoms with van der Waals surface area (Å²) in [6.07, 6.45) is 4.44. The molecule has 4 rings (SSSR count). The molecule has 0 unspecified atom stereocenters. The second-order valence-corrected chi connectivity index (χ2v) is 9.13. The van der Waals surface area contributed by atoms with Gasteiger partial charge in [-0.2, -0.15) is 15.5 Å². The van der Waals surface area contributed by atoms with E-state index in [9.17, 15) is 5.11 Å². The van der Waals surface area contributed by atoms with E-state index in [0.717, 1.165) is 66.2 Å². The summed E-state index contributed by atoms with van der Waals surface area (Å²) in [6, 6.07) is 32.5. The summed E-state index contributed by atoms with van der Waals surface area (Å²) in [4.78, 5) is 2.26. The Morgan fingerprint density at radius 2 is 1.26 bits per heavy atom. The smallest absolute Gasteiger partial charge is 0.119 e. The van der Waals surface area contributed by atoms with E-state index < -0.39 is 0 Å². The number of phenols is 1. The average Bonchev–Trinajstić information content (AvgIpc) is 2.97. The number of aromatic hydroxyl groups is 1. The predicted molar refractivity (Wildman–Crippen MR) is 153 cm³/mol. The Balaban J connectivity index is 1.11. The molecule has 0 aliphatic carbocycles. The van der Waals surface area contributed by atoms with Crippen LogP contribution in [0, 0.1) is 11.3 Å². The van der Waals surface area contributed by atoms with Crippen molar-refractivity contribution in [2.75, 3.05) is 25.1 Å². The van der Waals surface area contributed by atoms with E-state index in [1.54, 1.807) is 36.4 Å². The molecule has 192 valence electrons. The molecule has 0 aromatic heterocycles. The van der Waals surface area contributed by atoms with Gasteiger partial charge in [0.15, 0.2) is 0 Å². The van der Waals surface area contributed by atoms with Crippen LogP contribution < -0.4 is 9.64 Å². The largest absolute Gasteiger partial charge is 0.508 e. The standard InChI is InChI=1S/C32H32N4O2/c1-36(30-16-14-29(15-17-30)35-34-28-12-6-25(24-33)7-13-28)22-4-2-3-5-23-38-32-20-10-27(11-21-32)26-8-18-31(37)19-9-26/h6-21,37H,2-5,22-23H2,1H3. The first kappa shape index (κ1) is 26.4. The summed E-state index contributed by atoms with van der Waals surface area (Å²) in [5, 5.41) is 26.8. The van der Waals surface area contributed by atoms with Gasteiger partial charge in [0, 0.05) is 19.3 Å². The van der Waals surface area contributed by atoms with Gasteiger partial charge >= 0.3 is 0 Å². The van der Waals surface area contributed by atoms with E-state index in [1.807, 2.05) is 48.5 Å². The summed E-state index contributed by atoms with van der Waals surface area (Å²) in [5.41, 5.74) is 5.45. The maximum absolute atomic E-state index is 9.43. The van der Waals surface area contributed by atoms with Crippen LogP contribution in [0.5, 0.6) is 11.5 Å². The van der Waals surface area contributed by atoms with Gasteiger partial charge in [0.2, 0.25) is 0 Å². The molecule has 0 aliphatic rings. The van der Waals surface area contributed by atoms with Crippen LogP contribution >= 0.6 is 0 Å². The molecule has 0 bridgehead atoms. The first-order valence-electron chi connectivity index (χ1n) is 12.9. The second-order valence-electron chi connectivity index (χ2n) is 9.13. The maximum atomic E-state index is 9.43. The number of rotatable bonds is 12. The minimum Gasteiger partial charge on any atom is -0.508 e. The first-order valence-corrected chi connectivity index (χ1v) is 12.9. The van der Waals surface area contributed by atoms with Crippen molar-refractivity contribution in [2.24, 2.45) is 10.2 Å². The van der Waals surface area contributed by atoms with Gasteiger partial charge in [-0.05, 0) is 96.8 Å². The second kappa shape index (κ2) is 13.6. The van der Waals surface area contributed by atoms with Crippen LogP contribution in [0.4, 0.5) is 17.1 Å². The third-order valence-electron chi connectivity index (χ3n) is 6.28. The highest BCUT2D eigenvalue weighted by Gasteiger charge is 2.03. The fourth-order valence-electron chi connectivity index (χ4n) is 4.01. The number of hydrogen-bond acceptors (Lipinski definition) is 6. The van der Waals surface area contributed by atoms with Crippen LogP contribution in [0.25, 0.3) is 11.1 Å². The molecule has 0 heterocycles. The van der Waals surface area contributed by atoms with E-state index in [2.05, 4.69) is 40.4 Å². The molecular formula is C32H32N4O2. The summed E-state index contributed by atoms with van der Waals surface area (Å²) < 4.78 is 5.90. The molecular weight excluding hydrogens is 472 g/mol. The monoisotopic (exact) mass is 504 g/mol. The van der Waals surface area contributed by atoms with Crippen molar-refractivity contribution >= 4 is 17.1 Å². The van der Waals surface area contributed by atoms with Gasteiger partial charge in [0.25, 0.3) is 0 Å². The van der Waals surface area contributed by atoms with Crippen LogP contribution in [-0.4, -0.2) is 25.3 Å². The van der Waals surface area contributed by atoms with Crippen molar-refractivity contribution in [1.82, 2.24) is 0 Å². The molecule has 1 N–H and O–H groups in total. The highest BCUT2D eigenvalue weighted by molar-refractivity contribution is 5.64. The number of nitriles is 1. The van der Waals surface area contributed by atoms with Gasteiger partial charge in [-0.15, -0.1) is 0 Å². The van der Waals surface area contributed by atoms with E-state index in [-0.39, 0.29) is 5.75 Å². The quantitative estimate of drug-likeness (QED) is 0.155. The number of benzene rings is 4. The molecule has 0 radical (unpaired) electrons. The predicted octanol–water partition coefficient (Wildman–Crippen LogP) is 8.42. The molecule has 6 nitrogen and oxygen atoms in total. The topological polar surface area (TPSA) is 81.2 Å². The number of phenolic OH excluding ortho intramolecular Hbond substituents is 1. The molecule has 0 saturated heterocycles. The lowest BCUT2D eigenvalue weighted by Crippen LogP contribution is -2.18. The lowest BCUT2D eigenvalue weighted by atomic mass is 10.1. The Kier molecular flexibility index (Phi) is 9.47. The Hall–Kier alpha value is -4.63. The molecule has 0 spiro atoms. The highest BCUT2D eigenvalue weighted by Crippen LogP contribution is 2.25. The number of azo groups is 1. The van der Waals surface area contributed by atoms with Gasteiger partial charge < -0.3 is 14.7 Å². The Labute approximate surface area is 224 Å². The van der Waals surface area contributed by atoms with Crippen LogP contribution in [0.15, 0.2) is 107 Å². The lowest BCUT2D eigenvalue weighted by molar-refractivity contribution is 0.305. The van der Waals surface area contributed by atoms with E-state index in [0.29, 0.717) is 12.2 Å². The molecule has 0 aliphatic heterocycles. The van der Waals surface area contributed by atoms with Gasteiger partial charge in [0.1, 0.15) is 11.5 Å². The minimum absolute atomic E-state index is 0.274. The molecule has 6 heteroatoms. The number of nitrogens with zero attached hydrogens (tertiary/aromatic N) is 4. The molecule has 0 amide bonds. The SMILES string of the molecule is CN(CCCCCCOc1ccc(-c2ccc(O)cc2)cc1)c1ccc(N=Nc2ccc(C#N)cc2)cc1. The summed E-state index contributed by atoms with van der Waals surface area (Å²) in [7, 11) is 2.11. The van der Waals surface area contributed by atoms with E-state index in [1.165, 1.54) is 0 Å². The average molecular weight is 505 g/mol. The normalized spacial score (nSPS) is 10.8. The maximum Gasteiger partial charge on any atom is 0.119 e. The molecule has 0 fully saturated rings. The van der Waals surface area contributed by atoms with Crippen molar-refractivity contribution in [1.29, 1.82) is 5.26 Å². The highest BCUT2D eigenvalue weighted by atomic mass is 16.5. The third kappa shape index (κ3) is 7.94. The first-order chi connectivity index (χ1) is 18.6. The summed E-state index contributed by atoms with van der Waals surface area (Å²) in [6.45, 7) is 1.71. The van der Waals surface area contributed by atoms with Gasteiger partial charge in [0.05, 0.1) is 29.6 Å².